The summed E-state index contributed by atoms with van der Waals surface area (Å²) < 4.78 is 9.13. The van der Waals surface area contributed by atoms with E-state index in [2.05, 4.69) is 22.6 Å². The van der Waals surface area contributed by atoms with E-state index < -0.39 is 0 Å². The van der Waals surface area contributed by atoms with E-state index in [1.807, 2.05) is 27.7 Å². The lowest BCUT2D eigenvalue weighted by molar-refractivity contribution is -0.257. The number of esters is 2. The number of aliphatic hydroxyl groups excluding tert-OH is 1. The maximum atomic E-state index is 10.4. The molecule has 38 heavy (non-hydrogen) atoms. The Labute approximate surface area is 231 Å². The number of piperidine rings is 1. The topological polar surface area (TPSA) is 96.3 Å². The molecule has 2 N–H and O–H groups in total. The van der Waals surface area contributed by atoms with Gasteiger partial charge in [-0.25, -0.2) is 9.59 Å². The van der Waals surface area contributed by atoms with Crippen molar-refractivity contribution in [3.8, 4) is 0 Å². The van der Waals surface area contributed by atoms with Crippen molar-refractivity contribution in [1.29, 1.82) is 0 Å². The summed E-state index contributed by atoms with van der Waals surface area (Å²) in [5, 5.41) is 20.7. The van der Waals surface area contributed by atoms with Crippen LogP contribution in [0.1, 0.15) is 107 Å². The Morgan fingerprint density at radius 2 is 1.18 bits per heavy atom. The van der Waals surface area contributed by atoms with Gasteiger partial charge in [0.25, 0.3) is 0 Å². The van der Waals surface area contributed by atoms with E-state index in [1.54, 1.807) is 66.2 Å². The van der Waals surface area contributed by atoms with Gasteiger partial charge in [0.05, 0.1) is 19.3 Å². The molecule has 1 heterocycles. The largest absolute Gasteiger partial charge is 0.463 e. The van der Waals surface area contributed by atoms with Crippen LogP contribution in [-0.4, -0.2) is 57.7 Å². The molecule has 0 spiro atoms. The summed E-state index contributed by atoms with van der Waals surface area (Å²) in [4.78, 5) is 20.8. The van der Waals surface area contributed by atoms with E-state index in [1.165, 1.54) is 28.7 Å². The molecule has 4 unspecified atom stereocenters. The van der Waals surface area contributed by atoms with E-state index in [0.29, 0.717) is 37.2 Å². The van der Waals surface area contributed by atoms with Crippen LogP contribution in [-0.2, 0) is 19.1 Å². The summed E-state index contributed by atoms with van der Waals surface area (Å²) in [6.45, 7) is 22.2. The van der Waals surface area contributed by atoms with Crippen LogP contribution in [0.5, 0.6) is 0 Å². The van der Waals surface area contributed by atoms with Gasteiger partial charge in [0.15, 0.2) is 0 Å². The molecule has 7 heteroatoms. The van der Waals surface area contributed by atoms with Crippen molar-refractivity contribution in [3.05, 3.63) is 24.3 Å². The average molecular weight is 538 g/mol. The molecule has 0 amide bonds. The maximum Gasteiger partial charge on any atom is 0.333 e. The van der Waals surface area contributed by atoms with E-state index in [9.17, 15) is 19.9 Å². The number of fused-ring (bicyclic) bond motifs is 5. The minimum Gasteiger partial charge on any atom is -0.463 e. The molecule has 3 aliphatic carbocycles. The first-order chi connectivity index (χ1) is 17.6. The van der Waals surface area contributed by atoms with Crippen molar-refractivity contribution in [1.82, 2.24) is 5.06 Å². The Morgan fingerprint density at radius 3 is 1.47 bits per heavy atom. The van der Waals surface area contributed by atoms with Crippen LogP contribution in [0.15, 0.2) is 24.3 Å². The fourth-order valence-electron chi connectivity index (χ4n) is 6.74. The predicted molar refractivity (Wildman–Crippen MR) is 152 cm³/mol. The van der Waals surface area contributed by atoms with Crippen molar-refractivity contribution < 1.29 is 29.4 Å². The van der Waals surface area contributed by atoms with Crippen molar-refractivity contribution in [2.75, 3.05) is 13.2 Å². The number of aliphatic hydroxyl groups is 1. The van der Waals surface area contributed by atoms with Crippen LogP contribution in [0.3, 0.4) is 0 Å². The molecule has 1 aliphatic heterocycles. The number of hydrogen-bond donors (Lipinski definition) is 2. The molecule has 4 fully saturated rings. The lowest BCUT2D eigenvalue weighted by atomic mass is 9.80. The summed E-state index contributed by atoms with van der Waals surface area (Å²) in [7, 11) is 0. The summed E-state index contributed by atoms with van der Waals surface area (Å²) in [5.41, 5.74) is 0.265. The molecule has 0 aromatic carbocycles. The number of rotatable bonds is 4. The van der Waals surface area contributed by atoms with Gasteiger partial charge in [-0.1, -0.05) is 19.6 Å². The molecule has 4 rings (SSSR count). The maximum absolute atomic E-state index is 10.4. The van der Waals surface area contributed by atoms with Crippen LogP contribution in [0, 0.1) is 23.7 Å². The lowest BCUT2D eigenvalue weighted by Gasteiger charge is -2.50. The fourth-order valence-corrected chi connectivity index (χ4v) is 6.74. The molecule has 0 aromatic rings. The van der Waals surface area contributed by atoms with Crippen LogP contribution in [0.25, 0.3) is 0 Å². The average Bonchev–Trinajstić information content (AvgIpc) is 3.54. The van der Waals surface area contributed by atoms with Gasteiger partial charge in [0.2, 0.25) is 0 Å². The summed E-state index contributed by atoms with van der Waals surface area (Å²) in [6, 6.07) is 0. The van der Waals surface area contributed by atoms with Crippen molar-refractivity contribution in [2.24, 2.45) is 23.7 Å². The Bertz CT molecular complexity index is 742. The van der Waals surface area contributed by atoms with Gasteiger partial charge in [0, 0.05) is 22.2 Å². The molecule has 3 saturated carbocycles. The smallest absolute Gasteiger partial charge is 0.333 e. The molecule has 0 radical (unpaired) electrons. The first kappa shape index (κ1) is 34.3. The van der Waals surface area contributed by atoms with Gasteiger partial charge in [-0.3, -0.25) is 0 Å². The predicted octanol–water partition coefficient (Wildman–Crippen LogP) is 6.47. The molecule has 220 valence electrons. The molecular weight excluding hydrogens is 482 g/mol. The van der Waals surface area contributed by atoms with Crippen LogP contribution >= 0.6 is 0 Å². The number of hydrogen-bond acceptors (Lipinski definition) is 7. The molecule has 4 atom stereocenters. The number of nitrogens with zero attached hydrogens (tertiary/aromatic N) is 1. The summed E-state index contributed by atoms with van der Waals surface area (Å²) in [5.74, 6) is 4.17. The fraction of sp³-hybridized carbons (Fsp3) is 0.806. The van der Waals surface area contributed by atoms with Crippen LogP contribution < -0.4 is 0 Å². The first-order valence-electron chi connectivity index (χ1n) is 14.4. The van der Waals surface area contributed by atoms with Crippen LogP contribution in [0.2, 0.25) is 0 Å². The quantitative estimate of drug-likeness (QED) is 0.313. The van der Waals surface area contributed by atoms with Gasteiger partial charge < -0.3 is 19.8 Å². The monoisotopic (exact) mass is 537 g/mol. The Hall–Kier alpha value is -1.70. The zero-order chi connectivity index (χ0) is 29.3. The second kappa shape index (κ2) is 15.2. The number of ether oxygens (including phenoxy) is 2. The van der Waals surface area contributed by atoms with Gasteiger partial charge in [-0.05, 0) is 124 Å². The minimum atomic E-state index is -0.318. The van der Waals surface area contributed by atoms with Gasteiger partial charge in [-0.15, -0.1) is 0 Å². The van der Waals surface area contributed by atoms with E-state index in [4.69, 9.17) is 0 Å². The first-order valence-corrected chi connectivity index (χ1v) is 14.4. The number of carbonyl (C=O) groups excluding carboxylic acids is 2. The van der Waals surface area contributed by atoms with Crippen molar-refractivity contribution in [2.45, 2.75) is 124 Å². The molecule has 0 aromatic heterocycles. The Morgan fingerprint density at radius 1 is 0.816 bits per heavy atom. The third-order valence-corrected chi connectivity index (χ3v) is 8.21. The van der Waals surface area contributed by atoms with E-state index in [-0.39, 0.29) is 29.1 Å². The lowest BCUT2D eigenvalue weighted by Crippen LogP contribution is -2.60. The van der Waals surface area contributed by atoms with E-state index in [0.717, 1.165) is 0 Å². The highest BCUT2D eigenvalue weighted by Crippen LogP contribution is 2.58. The second-order valence-corrected chi connectivity index (χ2v) is 12.6. The second-order valence-electron chi connectivity index (χ2n) is 12.6. The van der Waals surface area contributed by atoms with Crippen LogP contribution in [0.4, 0.5) is 0 Å². The highest BCUT2D eigenvalue weighted by molar-refractivity contribution is 5.87. The molecule has 1 saturated heterocycles. The molecule has 2 bridgehead atoms. The molecule has 7 nitrogen and oxygen atoms in total. The van der Waals surface area contributed by atoms with Crippen molar-refractivity contribution in [3.63, 3.8) is 0 Å². The highest BCUT2D eigenvalue weighted by atomic mass is 16.5. The van der Waals surface area contributed by atoms with E-state index >= 15 is 0 Å². The summed E-state index contributed by atoms with van der Waals surface area (Å²) >= 11 is 0. The Kier molecular flexibility index (Phi) is 13.7. The number of hydroxylamine groups is 2. The van der Waals surface area contributed by atoms with Gasteiger partial charge in [-0.2, -0.15) is 5.06 Å². The zero-order valence-electron chi connectivity index (χ0n) is 25.3. The van der Waals surface area contributed by atoms with Crippen molar-refractivity contribution >= 4 is 11.9 Å². The zero-order valence-corrected chi connectivity index (χ0v) is 25.3. The Balaban J connectivity index is 0.000000258. The molecule has 4 aliphatic rings. The minimum absolute atomic E-state index is 0.293. The summed E-state index contributed by atoms with van der Waals surface area (Å²) in [6.07, 6.45) is 10.5. The SMILES string of the molecule is C1CC2C3CCC(C3)C2C1.C=C(C)C(=O)OCC.C=C(C)C(=O)OCC.CC1(C)CC(O)CC(C)(C)N1O. The van der Waals surface area contributed by atoms with Gasteiger partial charge >= 0.3 is 11.9 Å². The third kappa shape index (κ3) is 10.1. The highest BCUT2D eigenvalue weighted by Gasteiger charge is 2.49. The standard InChI is InChI=1S/C10H16.C9H19NO2.2C6H10O2/c1-2-9-7-4-5-8(6-7)10(9)3-1;1-8(2)5-7(11)6-9(3,4)10(8)12;2*1-4-8-6(7)5(2)3/h7-10H,1-6H2;7,11-12H,5-6H2,1-4H3;2*2,4H2,1,3H3. The molecular formula is C31H55NO6. The third-order valence-electron chi connectivity index (χ3n) is 8.21. The normalized spacial score (nSPS) is 28.3. The van der Waals surface area contributed by atoms with Gasteiger partial charge in [0.1, 0.15) is 0 Å². The number of carbonyl (C=O) groups is 2.